The van der Waals surface area contributed by atoms with E-state index in [1.54, 1.807) is 12.1 Å². The standard InChI is InChI=1S/C15H19FN2O3/c16-15(14(20)17-10-11-3-4-11)5-7-18(8-6-15)13(19)12-2-1-9-21-12/h1-2,9,11H,3-8,10H2,(H,17,20). The number of hydrogen-bond acceptors (Lipinski definition) is 3. The van der Waals surface area contributed by atoms with Gasteiger partial charge >= 0.3 is 0 Å². The average Bonchev–Trinajstić information content (AvgIpc) is 3.16. The van der Waals surface area contributed by atoms with E-state index in [0.29, 0.717) is 12.5 Å². The number of rotatable bonds is 4. The molecule has 3 rings (SSSR count). The third-order valence-electron chi connectivity index (χ3n) is 4.23. The molecule has 1 aliphatic carbocycles. The van der Waals surface area contributed by atoms with Crippen LogP contribution in [-0.2, 0) is 4.79 Å². The number of nitrogens with zero attached hydrogens (tertiary/aromatic N) is 1. The smallest absolute Gasteiger partial charge is 0.289 e. The molecule has 1 saturated heterocycles. The predicted molar refractivity (Wildman–Crippen MR) is 73.4 cm³/mol. The van der Waals surface area contributed by atoms with Gasteiger partial charge in [0.25, 0.3) is 11.8 Å². The second-order valence-corrected chi connectivity index (χ2v) is 5.89. The van der Waals surface area contributed by atoms with E-state index in [1.807, 2.05) is 0 Å². The van der Waals surface area contributed by atoms with Gasteiger partial charge in [0.15, 0.2) is 11.4 Å². The molecule has 6 heteroatoms. The third-order valence-corrected chi connectivity index (χ3v) is 4.23. The Kier molecular flexibility index (Phi) is 3.69. The number of alkyl halides is 1. The molecular formula is C15H19FN2O3. The molecule has 2 heterocycles. The van der Waals surface area contributed by atoms with Crippen LogP contribution in [0.15, 0.2) is 22.8 Å². The number of amides is 2. The first-order chi connectivity index (χ1) is 10.1. The van der Waals surface area contributed by atoms with Gasteiger partial charge in [-0.15, -0.1) is 0 Å². The van der Waals surface area contributed by atoms with Gasteiger partial charge in [-0.3, -0.25) is 9.59 Å². The Balaban J connectivity index is 1.53. The summed E-state index contributed by atoms with van der Waals surface area (Å²) >= 11 is 0. The molecule has 0 bridgehead atoms. The van der Waals surface area contributed by atoms with E-state index in [0.717, 1.165) is 12.8 Å². The maximum atomic E-state index is 14.6. The van der Waals surface area contributed by atoms with Crippen molar-refractivity contribution in [2.24, 2.45) is 5.92 Å². The van der Waals surface area contributed by atoms with Gasteiger partial charge in [-0.05, 0) is 30.9 Å². The highest BCUT2D eigenvalue weighted by Crippen LogP contribution is 2.30. The Morgan fingerprint density at radius 3 is 2.67 bits per heavy atom. The maximum Gasteiger partial charge on any atom is 0.289 e. The molecule has 0 unspecified atom stereocenters. The van der Waals surface area contributed by atoms with Crippen LogP contribution in [0, 0.1) is 5.92 Å². The van der Waals surface area contributed by atoms with Gasteiger partial charge in [0.05, 0.1) is 6.26 Å². The molecule has 2 fully saturated rings. The van der Waals surface area contributed by atoms with Crippen molar-refractivity contribution in [2.45, 2.75) is 31.4 Å². The van der Waals surface area contributed by atoms with Gasteiger partial charge < -0.3 is 14.6 Å². The number of nitrogens with one attached hydrogen (secondary N) is 1. The number of furan rings is 1. The lowest BCUT2D eigenvalue weighted by molar-refractivity contribution is -0.135. The van der Waals surface area contributed by atoms with Crippen molar-refractivity contribution in [1.82, 2.24) is 10.2 Å². The van der Waals surface area contributed by atoms with E-state index < -0.39 is 11.6 Å². The molecule has 0 spiro atoms. The summed E-state index contributed by atoms with van der Waals surface area (Å²) in [5.74, 6) is -0.00218. The molecule has 0 radical (unpaired) electrons. The Hall–Kier alpha value is -1.85. The largest absolute Gasteiger partial charge is 0.459 e. The Labute approximate surface area is 122 Å². The first kappa shape index (κ1) is 14.1. The molecule has 114 valence electrons. The van der Waals surface area contributed by atoms with Crippen molar-refractivity contribution < 1.29 is 18.4 Å². The molecule has 1 saturated carbocycles. The number of carbonyl (C=O) groups is 2. The minimum atomic E-state index is -1.85. The summed E-state index contributed by atoms with van der Waals surface area (Å²) in [4.78, 5) is 25.6. The molecule has 2 amide bonds. The molecule has 1 aromatic rings. The topological polar surface area (TPSA) is 62.6 Å². The highest BCUT2D eigenvalue weighted by atomic mass is 19.1. The molecule has 0 aromatic carbocycles. The van der Waals surface area contributed by atoms with Crippen LogP contribution in [0.2, 0.25) is 0 Å². The number of hydrogen-bond donors (Lipinski definition) is 1. The summed E-state index contributed by atoms with van der Waals surface area (Å²) in [6.45, 7) is 1.03. The van der Waals surface area contributed by atoms with E-state index in [2.05, 4.69) is 5.32 Å². The van der Waals surface area contributed by atoms with Crippen LogP contribution >= 0.6 is 0 Å². The minimum Gasteiger partial charge on any atom is -0.459 e. The Morgan fingerprint density at radius 1 is 1.38 bits per heavy atom. The maximum absolute atomic E-state index is 14.6. The predicted octanol–water partition coefficient (Wildman–Crippen LogP) is 1.75. The molecule has 1 aromatic heterocycles. The van der Waals surface area contributed by atoms with Crippen LogP contribution < -0.4 is 5.32 Å². The van der Waals surface area contributed by atoms with E-state index >= 15 is 0 Å². The first-order valence-electron chi connectivity index (χ1n) is 7.38. The monoisotopic (exact) mass is 294 g/mol. The van der Waals surface area contributed by atoms with Crippen molar-refractivity contribution >= 4 is 11.8 Å². The lowest BCUT2D eigenvalue weighted by Crippen LogP contribution is -2.52. The Bertz CT molecular complexity index is 517. The molecule has 21 heavy (non-hydrogen) atoms. The third kappa shape index (κ3) is 3.09. The number of halogens is 1. The van der Waals surface area contributed by atoms with Gasteiger partial charge in [0.2, 0.25) is 0 Å². The van der Waals surface area contributed by atoms with Crippen molar-refractivity contribution in [3.05, 3.63) is 24.2 Å². The fourth-order valence-corrected chi connectivity index (χ4v) is 2.56. The normalized spacial score (nSPS) is 21.1. The van der Waals surface area contributed by atoms with Crippen molar-refractivity contribution in [1.29, 1.82) is 0 Å². The zero-order valence-corrected chi connectivity index (χ0v) is 11.8. The van der Waals surface area contributed by atoms with Gasteiger partial charge in [0.1, 0.15) is 0 Å². The van der Waals surface area contributed by atoms with Crippen LogP contribution in [0.1, 0.15) is 36.2 Å². The fourth-order valence-electron chi connectivity index (χ4n) is 2.56. The summed E-state index contributed by atoms with van der Waals surface area (Å²) < 4.78 is 19.7. The number of likely N-dealkylation sites (tertiary alicyclic amines) is 1. The van der Waals surface area contributed by atoms with Gasteiger partial charge in [-0.2, -0.15) is 0 Å². The lowest BCUT2D eigenvalue weighted by Gasteiger charge is -2.35. The van der Waals surface area contributed by atoms with Crippen LogP contribution in [0.3, 0.4) is 0 Å². The number of carbonyl (C=O) groups excluding carboxylic acids is 2. The first-order valence-corrected chi connectivity index (χ1v) is 7.38. The highest BCUT2D eigenvalue weighted by Gasteiger charge is 2.43. The quantitative estimate of drug-likeness (QED) is 0.920. The van der Waals surface area contributed by atoms with Gasteiger partial charge in [-0.1, -0.05) is 0 Å². The van der Waals surface area contributed by atoms with E-state index in [-0.39, 0.29) is 37.6 Å². The molecular weight excluding hydrogens is 275 g/mol. The van der Waals surface area contributed by atoms with Crippen LogP contribution in [0.25, 0.3) is 0 Å². The minimum absolute atomic E-state index is 0.0376. The molecule has 5 nitrogen and oxygen atoms in total. The molecule has 2 aliphatic rings. The van der Waals surface area contributed by atoms with Crippen LogP contribution in [-0.4, -0.2) is 42.0 Å². The van der Waals surface area contributed by atoms with E-state index in [1.165, 1.54) is 11.2 Å². The van der Waals surface area contributed by atoms with Gasteiger partial charge in [-0.25, -0.2) is 4.39 Å². The molecule has 1 N–H and O–H groups in total. The van der Waals surface area contributed by atoms with Crippen molar-refractivity contribution in [3.8, 4) is 0 Å². The van der Waals surface area contributed by atoms with Crippen molar-refractivity contribution in [3.63, 3.8) is 0 Å². The van der Waals surface area contributed by atoms with Crippen molar-refractivity contribution in [2.75, 3.05) is 19.6 Å². The van der Waals surface area contributed by atoms with Crippen LogP contribution in [0.4, 0.5) is 4.39 Å². The van der Waals surface area contributed by atoms with E-state index in [4.69, 9.17) is 4.42 Å². The summed E-state index contributed by atoms with van der Waals surface area (Å²) in [6, 6.07) is 3.23. The molecule has 1 aliphatic heterocycles. The summed E-state index contributed by atoms with van der Waals surface area (Å²) in [7, 11) is 0. The Morgan fingerprint density at radius 2 is 2.10 bits per heavy atom. The highest BCUT2D eigenvalue weighted by molar-refractivity contribution is 5.92. The fraction of sp³-hybridized carbons (Fsp3) is 0.600. The zero-order chi connectivity index (χ0) is 14.9. The van der Waals surface area contributed by atoms with Crippen LogP contribution in [0.5, 0.6) is 0 Å². The van der Waals surface area contributed by atoms with Gasteiger partial charge in [0, 0.05) is 32.5 Å². The second-order valence-electron chi connectivity index (χ2n) is 5.89. The zero-order valence-electron chi connectivity index (χ0n) is 11.8. The summed E-state index contributed by atoms with van der Waals surface area (Å²) in [6.07, 6.45) is 3.74. The van der Waals surface area contributed by atoms with E-state index in [9.17, 15) is 14.0 Å². The molecule has 0 atom stereocenters. The average molecular weight is 294 g/mol. The SMILES string of the molecule is O=C(c1ccco1)N1CCC(F)(C(=O)NCC2CC2)CC1. The number of piperidine rings is 1. The summed E-state index contributed by atoms with van der Waals surface area (Å²) in [5, 5.41) is 2.69. The summed E-state index contributed by atoms with van der Waals surface area (Å²) in [5.41, 5.74) is -1.85. The second kappa shape index (κ2) is 5.50. The lowest BCUT2D eigenvalue weighted by atomic mass is 9.92.